The van der Waals surface area contributed by atoms with E-state index in [1.165, 1.54) is 6.20 Å². The summed E-state index contributed by atoms with van der Waals surface area (Å²) in [5.41, 5.74) is 0.202. The lowest BCUT2D eigenvalue weighted by Gasteiger charge is -2.31. The van der Waals surface area contributed by atoms with Gasteiger partial charge in [0.05, 0.1) is 18.0 Å². The van der Waals surface area contributed by atoms with E-state index in [1.54, 1.807) is 0 Å². The Morgan fingerprint density at radius 3 is 3.20 bits per heavy atom. The summed E-state index contributed by atoms with van der Waals surface area (Å²) in [6.07, 6.45) is 2.85. The number of nitrogens with zero attached hydrogens (tertiary/aromatic N) is 2. The van der Waals surface area contributed by atoms with Gasteiger partial charge in [-0.3, -0.25) is 4.79 Å². The Kier molecular flexibility index (Phi) is 2.93. The van der Waals surface area contributed by atoms with Crippen LogP contribution in [0.1, 0.15) is 12.8 Å². The first-order valence-corrected chi connectivity index (χ1v) is 5.22. The first-order valence-electron chi connectivity index (χ1n) is 4.84. The highest BCUT2D eigenvalue weighted by Crippen LogP contribution is 2.23. The zero-order chi connectivity index (χ0) is 10.8. The molecule has 1 aromatic rings. The standard InChI is InChI=1S/C9H12ClN3O2/c10-8-7(4-11-12-9(8)15)13-3-1-2-6(14)5-13/h4,6,14H,1-3,5H2,(H,12,15). The van der Waals surface area contributed by atoms with E-state index in [-0.39, 0.29) is 11.1 Å². The van der Waals surface area contributed by atoms with Gasteiger partial charge in [0.25, 0.3) is 5.56 Å². The molecule has 1 saturated heterocycles. The van der Waals surface area contributed by atoms with Crippen molar-refractivity contribution in [1.29, 1.82) is 0 Å². The highest BCUT2D eigenvalue weighted by Gasteiger charge is 2.20. The number of anilines is 1. The summed E-state index contributed by atoms with van der Waals surface area (Å²) in [6, 6.07) is 0. The second-order valence-corrected chi connectivity index (χ2v) is 4.02. The molecular weight excluding hydrogens is 218 g/mol. The van der Waals surface area contributed by atoms with E-state index < -0.39 is 5.56 Å². The molecule has 5 nitrogen and oxygen atoms in total. The van der Waals surface area contributed by atoms with Gasteiger partial charge in [0.15, 0.2) is 0 Å². The summed E-state index contributed by atoms with van der Waals surface area (Å²) >= 11 is 5.87. The zero-order valence-electron chi connectivity index (χ0n) is 8.11. The maximum atomic E-state index is 11.2. The first-order chi connectivity index (χ1) is 7.18. The molecule has 0 bridgehead atoms. The fourth-order valence-corrected chi connectivity index (χ4v) is 1.98. The Balaban J connectivity index is 2.28. The quantitative estimate of drug-likeness (QED) is 0.731. The van der Waals surface area contributed by atoms with Crippen LogP contribution < -0.4 is 10.5 Å². The molecule has 1 atom stereocenters. The van der Waals surface area contributed by atoms with Gasteiger partial charge in [0.1, 0.15) is 5.02 Å². The van der Waals surface area contributed by atoms with Gasteiger partial charge in [-0.15, -0.1) is 0 Å². The topological polar surface area (TPSA) is 69.2 Å². The number of aliphatic hydroxyl groups is 1. The maximum Gasteiger partial charge on any atom is 0.285 e. The fraction of sp³-hybridized carbons (Fsp3) is 0.556. The number of β-amino-alcohol motifs (C(OH)–C–C–N with tert-alkyl or cyclic N) is 1. The molecule has 2 heterocycles. The second kappa shape index (κ2) is 4.20. The van der Waals surface area contributed by atoms with Crippen molar-refractivity contribution < 1.29 is 5.11 Å². The van der Waals surface area contributed by atoms with E-state index in [4.69, 9.17) is 11.6 Å². The lowest BCUT2D eigenvalue weighted by molar-refractivity contribution is 0.154. The van der Waals surface area contributed by atoms with E-state index in [1.807, 2.05) is 4.90 Å². The summed E-state index contributed by atoms with van der Waals surface area (Å²) in [6.45, 7) is 1.30. The number of aromatic amines is 1. The van der Waals surface area contributed by atoms with Crippen molar-refractivity contribution in [2.45, 2.75) is 18.9 Å². The highest BCUT2D eigenvalue weighted by atomic mass is 35.5. The second-order valence-electron chi connectivity index (χ2n) is 3.64. The third kappa shape index (κ3) is 2.13. The Bertz CT molecular complexity index is 407. The third-order valence-corrected chi connectivity index (χ3v) is 2.88. The van der Waals surface area contributed by atoms with Gasteiger partial charge in [-0.1, -0.05) is 11.6 Å². The van der Waals surface area contributed by atoms with Crippen LogP contribution in [-0.2, 0) is 0 Å². The molecule has 15 heavy (non-hydrogen) atoms. The Morgan fingerprint density at radius 1 is 1.67 bits per heavy atom. The number of aromatic nitrogens is 2. The normalized spacial score (nSPS) is 21.7. The molecule has 0 aliphatic carbocycles. The van der Waals surface area contributed by atoms with Crippen LogP contribution in [0.15, 0.2) is 11.0 Å². The number of hydrogen-bond acceptors (Lipinski definition) is 4. The van der Waals surface area contributed by atoms with Crippen molar-refractivity contribution in [3.8, 4) is 0 Å². The van der Waals surface area contributed by atoms with Crippen molar-refractivity contribution in [2.24, 2.45) is 0 Å². The number of aliphatic hydroxyl groups excluding tert-OH is 1. The molecule has 1 fully saturated rings. The van der Waals surface area contributed by atoms with Crippen LogP contribution in [0.4, 0.5) is 5.69 Å². The maximum absolute atomic E-state index is 11.2. The Hall–Kier alpha value is -1.07. The summed E-state index contributed by atoms with van der Waals surface area (Å²) in [4.78, 5) is 13.1. The van der Waals surface area contributed by atoms with Crippen LogP contribution in [0.2, 0.25) is 5.02 Å². The van der Waals surface area contributed by atoms with Crippen molar-refractivity contribution in [3.05, 3.63) is 21.6 Å². The molecule has 0 spiro atoms. The molecule has 6 heteroatoms. The third-order valence-electron chi connectivity index (χ3n) is 2.51. The Morgan fingerprint density at radius 2 is 2.47 bits per heavy atom. The molecule has 1 aliphatic heterocycles. The molecular formula is C9H12ClN3O2. The van der Waals surface area contributed by atoms with Gasteiger partial charge in [-0.2, -0.15) is 5.10 Å². The molecule has 0 amide bonds. The van der Waals surface area contributed by atoms with E-state index >= 15 is 0 Å². The van der Waals surface area contributed by atoms with Gasteiger partial charge in [-0.25, -0.2) is 5.10 Å². The average Bonchev–Trinajstić information content (AvgIpc) is 2.22. The minimum Gasteiger partial charge on any atom is -0.391 e. The van der Waals surface area contributed by atoms with Gasteiger partial charge in [0.2, 0.25) is 0 Å². The summed E-state index contributed by atoms with van der Waals surface area (Å²) < 4.78 is 0. The SMILES string of the molecule is O=c1[nH]ncc(N2CCCC(O)C2)c1Cl. The first kappa shape index (κ1) is 10.4. The molecule has 0 saturated carbocycles. The summed E-state index contributed by atoms with van der Waals surface area (Å²) in [5, 5.41) is 15.6. The fourth-order valence-electron chi connectivity index (χ4n) is 1.77. The molecule has 1 aromatic heterocycles. The van der Waals surface area contributed by atoms with Crippen LogP contribution in [0.3, 0.4) is 0 Å². The molecule has 1 aliphatic rings. The van der Waals surface area contributed by atoms with E-state index in [2.05, 4.69) is 10.2 Å². The molecule has 1 unspecified atom stereocenters. The van der Waals surface area contributed by atoms with Crippen molar-refractivity contribution in [2.75, 3.05) is 18.0 Å². The Labute approximate surface area is 91.7 Å². The average molecular weight is 230 g/mol. The van der Waals surface area contributed by atoms with E-state index in [0.29, 0.717) is 12.2 Å². The van der Waals surface area contributed by atoms with Gasteiger partial charge < -0.3 is 10.0 Å². The minimum absolute atomic E-state index is 0.138. The summed E-state index contributed by atoms with van der Waals surface area (Å²) in [7, 11) is 0. The molecule has 82 valence electrons. The van der Waals surface area contributed by atoms with Crippen LogP contribution >= 0.6 is 11.6 Å². The lowest BCUT2D eigenvalue weighted by Crippen LogP contribution is -2.39. The lowest BCUT2D eigenvalue weighted by atomic mass is 10.1. The monoisotopic (exact) mass is 229 g/mol. The number of rotatable bonds is 1. The van der Waals surface area contributed by atoms with Crippen LogP contribution in [0, 0.1) is 0 Å². The number of nitrogens with one attached hydrogen (secondary N) is 1. The largest absolute Gasteiger partial charge is 0.391 e. The van der Waals surface area contributed by atoms with Crippen LogP contribution in [-0.4, -0.2) is 34.5 Å². The number of H-pyrrole nitrogens is 1. The van der Waals surface area contributed by atoms with Crippen LogP contribution in [0.25, 0.3) is 0 Å². The number of hydrogen-bond donors (Lipinski definition) is 2. The van der Waals surface area contributed by atoms with Gasteiger partial charge >= 0.3 is 0 Å². The minimum atomic E-state index is -0.394. The van der Waals surface area contributed by atoms with Crippen molar-refractivity contribution in [3.63, 3.8) is 0 Å². The predicted octanol–water partition coefficient (Wildman–Crippen LogP) is 0.384. The molecule has 0 aromatic carbocycles. The van der Waals surface area contributed by atoms with Gasteiger partial charge in [0, 0.05) is 13.1 Å². The van der Waals surface area contributed by atoms with E-state index in [9.17, 15) is 9.90 Å². The van der Waals surface area contributed by atoms with Crippen molar-refractivity contribution in [1.82, 2.24) is 10.2 Å². The summed E-state index contributed by atoms with van der Waals surface area (Å²) in [5.74, 6) is 0. The highest BCUT2D eigenvalue weighted by molar-refractivity contribution is 6.32. The predicted molar refractivity (Wildman–Crippen MR) is 57.3 cm³/mol. The van der Waals surface area contributed by atoms with E-state index in [0.717, 1.165) is 19.4 Å². The van der Waals surface area contributed by atoms with Gasteiger partial charge in [-0.05, 0) is 12.8 Å². The number of halogens is 1. The van der Waals surface area contributed by atoms with Crippen LogP contribution in [0.5, 0.6) is 0 Å². The van der Waals surface area contributed by atoms with Crippen molar-refractivity contribution >= 4 is 17.3 Å². The number of piperidine rings is 1. The zero-order valence-corrected chi connectivity index (χ0v) is 8.87. The molecule has 2 rings (SSSR count). The smallest absolute Gasteiger partial charge is 0.285 e. The molecule has 2 N–H and O–H groups in total. The molecule has 0 radical (unpaired) electrons.